The molecule has 0 radical (unpaired) electrons. The van der Waals surface area contributed by atoms with Crippen molar-refractivity contribution >= 4 is 32.8 Å². The summed E-state index contributed by atoms with van der Waals surface area (Å²) in [6.45, 7) is 0. The third-order valence-corrected chi connectivity index (χ3v) is 3.98. The predicted molar refractivity (Wildman–Crippen MR) is 86.3 cm³/mol. The van der Waals surface area contributed by atoms with Crippen LogP contribution in [0.25, 0.3) is 0 Å². The molecule has 2 aromatic rings. The van der Waals surface area contributed by atoms with Gasteiger partial charge in [0.05, 0.1) is 11.4 Å². The van der Waals surface area contributed by atoms with Gasteiger partial charge in [-0.15, -0.1) is 0 Å². The summed E-state index contributed by atoms with van der Waals surface area (Å²) < 4.78 is 22.9. The highest BCUT2D eigenvalue weighted by Crippen LogP contribution is 2.29. The summed E-state index contributed by atoms with van der Waals surface area (Å²) in [6.07, 6.45) is 0. The highest BCUT2D eigenvalue weighted by Gasteiger charge is 2.14. The van der Waals surface area contributed by atoms with E-state index in [1.165, 1.54) is 6.07 Å². The lowest BCUT2D eigenvalue weighted by Gasteiger charge is -2.16. The maximum absolute atomic E-state index is 11.5. The fraction of sp³-hybridized carbons (Fsp3) is 0.143. The Morgan fingerprint density at radius 3 is 2.38 bits per heavy atom. The predicted octanol–water partition coefficient (Wildman–Crippen LogP) is 1.73. The van der Waals surface area contributed by atoms with Gasteiger partial charge >= 0.3 is 0 Å². The van der Waals surface area contributed by atoms with Crippen LogP contribution in [0.4, 0.5) is 22.7 Å². The number of benzene rings is 2. The number of rotatable bonds is 4. The first-order valence-electron chi connectivity index (χ1n) is 6.25. The first-order chi connectivity index (χ1) is 9.79. The van der Waals surface area contributed by atoms with Gasteiger partial charge in [-0.3, -0.25) is 0 Å². The van der Waals surface area contributed by atoms with E-state index in [9.17, 15) is 8.42 Å². The number of para-hydroxylation sites is 1. The molecule has 2 aromatic carbocycles. The molecule has 0 aromatic heterocycles. The number of nitrogens with one attached hydrogen (secondary N) is 1. The lowest BCUT2D eigenvalue weighted by Crippen LogP contribution is -2.15. The van der Waals surface area contributed by atoms with Crippen molar-refractivity contribution in [1.82, 2.24) is 0 Å². The van der Waals surface area contributed by atoms with Crippen molar-refractivity contribution in [3.63, 3.8) is 0 Å². The van der Waals surface area contributed by atoms with Crippen LogP contribution >= 0.6 is 0 Å². The fourth-order valence-electron chi connectivity index (χ4n) is 1.92. The van der Waals surface area contributed by atoms with Crippen molar-refractivity contribution in [2.24, 2.45) is 5.14 Å². The molecule has 0 saturated carbocycles. The van der Waals surface area contributed by atoms with Crippen LogP contribution in [0.3, 0.4) is 0 Å². The average Bonchev–Trinajstić information content (AvgIpc) is 2.40. The summed E-state index contributed by atoms with van der Waals surface area (Å²) in [5.41, 5.74) is 8.31. The van der Waals surface area contributed by atoms with Crippen LogP contribution in [-0.2, 0) is 10.0 Å². The second kappa shape index (κ2) is 5.63. The second-order valence-corrected chi connectivity index (χ2v) is 6.36. The van der Waals surface area contributed by atoms with Gasteiger partial charge in [0, 0.05) is 25.5 Å². The normalized spacial score (nSPS) is 11.2. The topological polar surface area (TPSA) is 101 Å². The number of anilines is 4. The number of sulfonamides is 1. The van der Waals surface area contributed by atoms with Crippen LogP contribution in [-0.4, -0.2) is 22.5 Å². The molecule has 2 rings (SSSR count). The third-order valence-electron chi connectivity index (χ3n) is 3.01. The Bertz CT molecular complexity index is 757. The molecule has 0 fully saturated rings. The van der Waals surface area contributed by atoms with Gasteiger partial charge in [0.25, 0.3) is 0 Å². The largest absolute Gasteiger partial charge is 0.396 e. The van der Waals surface area contributed by atoms with Gasteiger partial charge in [-0.05, 0) is 30.3 Å². The lowest BCUT2D eigenvalue weighted by molar-refractivity contribution is 0.598. The van der Waals surface area contributed by atoms with Crippen LogP contribution in [0.1, 0.15) is 0 Å². The van der Waals surface area contributed by atoms with Crippen LogP contribution < -0.4 is 21.1 Å². The molecule has 0 aliphatic rings. The van der Waals surface area contributed by atoms with Crippen molar-refractivity contribution < 1.29 is 8.42 Å². The molecular formula is C14H18N4O2S. The monoisotopic (exact) mass is 306 g/mol. The van der Waals surface area contributed by atoms with E-state index >= 15 is 0 Å². The van der Waals surface area contributed by atoms with Gasteiger partial charge in [0.1, 0.15) is 4.90 Å². The Kier molecular flexibility index (Phi) is 4.06. The van der Waals surface area contributed by atoms with E-state index < -0.39 is 10.0 Å². The Labute approximate surface area is 124 Å². The van der Waals surface area contributed by atoms with Crippen molar-refractivity contribution in [1.29, 1.82) is 0 Å². The second-order valence-electron chi connectivity index (χ2n) is 4.83. The summed E-state index contributed by atoms with van der Waals surface area (Å²) >= 11 is 0. The Morgan fingerprint density at radius 1 is 1.10 bits per heavy atom. The van der Waals surface area contributed by atoms with Crippen molar-refractivity contribution in [2.45, 2.75) is 4.90 Å². The standard InChI is InChI=1S/C14H18N4O2S/c1-18(2)11-6-3-5-10(9-11)17-12-7-4-8-13(14(12)15)21(16,19)20/h3-9,17H,15H2,1-2H3,(H2,16,19,20). The van der Waals surface area contributed by atoms with Gasteiger partial charge in [0.15, 0.2) is 0 Å². The first kappa shape index (κ1) is 15.1. The van der Waals surface area contributed by atoms with Crippen molar-refractivity contribution in [3.05, 3.63) is 42.5 Å². The third kappa shape index (κ3) is 3.45. The SMILES string of the molecule is CN(C)c1cccc(Nc2cccc(S(N)(=O)=O)c2N)c1. The van der Waals surface area contributed by atoms with Gasteiger partial charge in [-0.25, -0.2) is 13.6 Å². The summed E-state index contributed by atoms with van der Waals surface area (Å²) in [7, 11) is 0.0360. The van der Waals surface area contributed by atoms with E-state index in [-0.39, 0.29) is 10.6 Å². The van der Waals surface area contributed by atoms with E-state index in [4.69, 9.17) is 10.9 Å². The molecule has 0 unspecified atom stereocenters. The zero-order chi connectivity index (χ0) is 15.6. The number of primary sulfonamides is 1. The average molecular weight is 306 g/mol. The van der Waals surface area contributed by atoms with Crippen molar-refractivity contribution in [3.8, 4) is 0 Å². The Morgan fingerprint density at radius 2 is 1.76 bits per heavy atom. The van der Waals surface area contributed by atoms with Crippen molar-refractivity contribution in [2.75, 3.05) is 30.0 Å². The molecule has 0 heterocycles. The Balaban J connectivity index is 2.39. The summed E-state index contributed by atoms with van der Waals surface area (Å²) in [5, 5.41) is 8.25. The number of nitrogens with two attached hydrogens (primary N) is 2. The summed E-state index contributed by atoms with van der Waals surface area (Å²) in [6, 6.07) is 12.3. The minimum Gasteiger partial charge on any atom is -0.396 e. The molecule has 21 heavy (non-hydrogen) atoms. The minimum absolute atomic E-state index is 0.0868. The molecule has 0 bridgehead atoms. The molecule has 7 heteroatoms. The molecule has 0 amide bonds. The minimum atomic E-state index is -3.84. The maximum Gasteiger partial charge on any atom is 0.240 e. The number of nitrogens with zero attached hydrogens (tertiary/aromatic N) is 1. The molecule has 6 nitrogen and oxygen atoms in total. The van der Waals surface area contributed by atoms with Crippen LogP contribution in [0, 0.1) is 0 Å². The molecule has 0 aliphatic carbocycles. The van der Waals surface area contributed by atoms with E-state index in [2.05, 4.69) is 5.32 Å². The van der Waals surface area contributed by atoms with E-state index in [1.54, 1.807) is 12.1 Å². The molecule has 112 valence electrons. The lowest BCUT2D eigenvalue weighted by atomic mass is 10.2. The molecular weight excluding hydrogens is 288 g/mol. The highest BCUT2D eigenvalue weighted by molar-refractivity contribution is 7.89. The van der Waals surface area contributed by atoms with E-state index in [1.807, 2.05) is 43.3 Å². The van der Waals surface area contributed by atoms with Gasteiger partial charge in [-0.1, -0.05) is 12.1 Å². The van der Waals surface area contributed by atoms with Crippen LogP contribution in [0.15, 0.2) is 47.4 Å². The number of hydrogen-bond donors (Lipinski definition) is 3. The highest BCUT2D eigenvalue weighted by atomic mass is 32.2. The summed E-state index contributed by atoms with van der Waals surface area (Å²) in [4.78, 5) is 1.88. The van der Waals surface area contributed by atoms with E-state index in [0.717, 1.165) is 11.4 Å². The molecule has 5 N–H and O–H groups in total. The molecule has 0 aliphatic heterocycles. The molecule has 0 spiro atoms. The van der Waals surface area contributed by atoms with Crippen LogP contribution in [0.2, 0.25) is 0 Å². The zero-order valence-corrected chi connectivity index (χ0v) is 12.7. The maximum atomic E-state index is 11.5. The summed E-state index contributed by atoms with van der Waals surface area (Å²) in [5.74, 6) is 0. The number of hydrogen-bond acceptors (Lipinski definition) is 5. The first-order valence-corrected chi connectivity index (χ1v) is 7.79. The zero-order valence-electron chi connectivity index (χ0n) is 11.9. The molecule has 0 atom stereocenters. The molecule has 0 saturated heterocycles. The fourth-order valence-corrected chi connectivity index (χ4v) is 2.60. The quantitative estimate of drug-likeness (QED) is 0.747. The number of nitrogen functional groups attached to an aromatic ring is 1. The van der Waals surface area contributed by atoms with Crippen LogP contribution in [0.5, 0.6) is 0 Å². The smallest absolute Gasteiger partial charge is 0.240 e. The van der Waals surface area contributed by atoms with Gasteiger partial charge in [-0.2, -0.15) is 0 Å². The van der Waals surface area contributed by atoms with Gasteiger partial charge < -0.3 is 16.0 Å². The van der Waals surface area contributed by atoms with Gasteiger partial charge in [0.2, 0.25) is 10.0 Å². The Hall–Kier alpha value is -2.25. The van der Waals surface area contributed by atoms with E-state index in [0.29, 0.717) is 5.69 Å².